The van der Waals surface area contributed by atoms with Crippen molar-refractivity contribution in [2.24, 2.45) is 0 Å². The van der Waals surface area contributed by atoms with Crippen LogP contribution in [0.3, 0.4) is 0 Å². The third-order valence-electron chi connectivity index (χ3n) is 6.25. The number of hydrogen-bond acceptors (Lipinski definition) is 1. The van der Waals surface area contributed by atoms with Crippen LogP contribution in [0.5, 0.6) is 0 Å². The Labute approximate surface area is 186 Å². The average Bonchev–Trinajstić information content (AvgIpc) is 2.97. The minimum atomic E-state index is -0.945. The standard InChI is InChI=1S/C26H40IN2/c1-9-10-27(8)17-29(26-23(6)15-20(3)16-24(26)7)12-11-28(18-29)25-21(4)13-19(2)14-22(25)5/h13-16H,9-12,17-18H2,1-8H3/q+1. The van der Waals surface area contributed by atoms with Crippen molar-refractivity contribution in [3.8, 4) is 0 Å². The topological polar surface area (TPSA) is 3.24 Å². The van der Waals surface area contributed by atoms with Crippen LogP contribution in [0.4, 0.5) is 11.4 Å². The molecule has 1 atom stereocenters. The van der Waals surface area contributed by atoms with E-state index in [1.54, 1.807) is 5.69 Å². The van der Waals surface area contributed by atoms with Crippen molar-refractivity contribution in [1.82, 2.24) is 4.48 Å². The second kappa shape index (κ2) is 8.97. The number of anilines is 1. The Morgan fingerprint density at radius 2 is 1.38 bits per heavy atom. The summed E-state index contributed by atoms with van der Waals surface area (Å²) in [6.45, 7) is 19.6. The summed E-state index contributed by atoms with van der Waals surface area (Å²) >= 11 is -0.945. The third kappa shape index (κ3) is 4.66. The molecule has 160 valence electrons. The van der Waals surface area contributed by atoms with Gasteiger partial charge in [0.1, 0.15) is 0 Å². The van der Waals surface area contributed by atoms with Crippen LogP contribution >= 0.6 is 19.8 Å². The monoisotopic (exact) mass is 507 g/mol. The van der Waals surface area contributed by atoms with Gasteiger partial charge in [-0.25, -0.2) is 0 Å². The SMILES string of the molecule is CCCI(C)C[N+]1(c2c(C)cc(C)cc2C)CCN(c2c(C)cc(C)cc2C)C1. The van der Waals surface area contributed by atoms with Crippen LogP contribution in [0.25, 0.3) is 0 Å². The van der Waals surface area contributed by atoms with Gasteiger partial charge in [0.25, 0.3) is 0 Å². The number of alkyl halides is 3. The van der Waals surface area contributed by atoms with Gasteiger partial charge in [0, 0.05) is 0 Å². The van der Waals surface area contributed by atoms with Crippen molar-refractivity contribution in [1.29, 1.82) is 0 Å². The zero-order chi connectivity index (χ0) is 21.3. The van der Waals surface area contributed by atoms with Crippen molar-refractivity contribution >= 4 is 31.2 Å². The average molecular weight is 508 g/mol. The molecule has 1 unspecified atom stereocenters. The number of nitrogens with zero attached hydrogens (tertiary/aromatic N) is 2. The fourth-order valence-corrected chi connectivity index (χ4v) is 11.0. The van der Waals surface area contributed by atoms with Gasteiger partial charge in [-0.2, -0.15) is 0 Å². The zero-order valence-corrected chi connectivity index (χ0v) is 22.0. The summed E-state index contributed by atoms with van der Waals surface area (Å²) in [5.41, 5.74) is 11.7. The van der Waals surface area contributed by atoms with Crippen LogP contribution in [0.15, 0.2) is 24.3 Å². The molecule has 2 aromatic rings. The van der Waals surface area contributed by atoms with Crippen molar-refractivity contribution in [2.75, 3.05) is 38.6 Å². The summed E-state index contributed by atoms with van der Waals surface area (Å²) in [5.74, 6) is 0. The summed E-state index contributed by atoms with van der Waals surface area (Å²) < 4.78 is 4.03. The van der Waals surface area contributed by atoms with E-state index in [1.807, 2.05) is 0 Å². The summed E-state index contributed by atoms with van der Waals surface area (Å²) in [6.07, 6.45) is 1.34. The van der Waals surface area contributed by atoms with E-state index in [2.05, 4.69) is 82.6 Å². The molecule has 0 aliphatic carbocycles. The van der Waals surface area contributed by atoms with E-state index in [4.69, 9.17) is 0 Å². The second-order valence-corrected chi connectivity index (χ2v) is 15.2. The van der Waals surface area contributed by atoms with Crippen LogP contribution in [0.1, 0.15) is 46.7 Å². The predicted octanol–water partition coefficient (Wildman–Crippen LogP) is 6.83. The Bertz CT molecular complexity index is 842. The fourth-order valence-electron chi connectivity index (χ4n) is 5.67. The molecule has 3 rings (SSSR count). The van der Waals surface area contributed by atoms with Gasteiger partial charge in [-0.1, -0.05) is 0 Å². The number of benzene rings is 2. The van der Waals surface area contributed by atoms with Crippen LogP contribution in [0, 0.1) is 41.5 Å². The van der Waals surface area contributed by atoms with Crippen molar-refractivity contribution in [3.63, 3.8) is 0 Å². The van der Waals surface area contributed by atoms with Gasteiger partial charge in [0.15, 0.2) is 0 Å². The molecular formula is C26H40IN2+. The Morgan fingerprint density at radius 1 is 0.862 bits per heavy atom. The number of rotatable bonds is 6. The summed E-state index contributed by atoms with van der Waals surface area (Å²) in [5, 5.41) is 0. The minimum absolute atomic E-state index is 0.945. The van der Waals surface area contributed by atoms with Gasteiger partial charge in [0.05, 0.1) is 0 Å². The quantitative estimate of drug-likeness (QED) is 0.179. The van der Waals surface area contributed by atoms with E-state index in [1.165, 1.54) is 65.5 Å². The summed E-state index contributed by atoms with van der Waals surface area (Å²) in [7, 11) is 0. The van der Waals surface area contributed by atoms with Gasteiger partial charge in [-0.3, -0.25) is 0 Å². The van der Waals surface area contributed by atoms with Gasteiger partial charge >= 0.3 is 187 Å². The maximum absolute atomic E-state index is 2.69. The van der Waals surface area contributed by atoms with Gasteiger partial charge < -0.3 is 0 Å². The summed E-state index contributed by atoms with van der Waals surface area (Å²) in [4.78, 5) is 5.30. The van der Waals surface area contributed by atoms with Gasteiger partial charge in [0.2, 0.25) is 0 Å². The fraction of sp³-hybridized carbons (Fsp3) is 0.538. The Balaban J connectivity index is 2.05. The molecular weight excluding hydrogens is 467 g/mol. The van der Waals surface area contributed by atoms with Crippen LogP contribution in [-0.2, 0) is 0 Å². The first-order valence-corrected chi connectivity index (χ1v) is 16.2. The molecule has 2 nitrogen and oxygen atoms in total. The normalized spacial score (nSPS) is 19.7. The third-order valence-corrected chi connectivity index (χ3v) is 11.6. The first-order valence-electron chi connectivity index (χ1n) is 11.0. The zero-order valence-electron chi connectivity index (χ0n) is 19.8. The van der Waals surface area contributed by atoms with E-state index >= 15 is 0 Å². The van der Waals surface area contributed by atoms with Gasteiger partial charge in [-0.05, 0) is 0 Å². The van der Waals surface area contributed by atoms with E-state index in [9.17, 15) is 0 Å². The van der Waals surface area contributed by atoms with Crippen LogP contribution < -0.4 is 9.38 Å². The number of halogens is 1. The molecule has 1 aliphatic heterocycles. The molecule has 0 aromatic heterocycles. The molecule has 0 N–H and O–H groups in total. The molecule has 1 heterocycles. The molecule has 2 aromatic carbocycles. The molecule has 1 fully saturated rings. The van der Waals surface area contributed by atoms with E-state index in [-0.39, 0.29) is 0 Å². The number of hydrogen-bond donors (Lipinski definition) is 0. The predicted molar refractivity (Wildman–Crippen MR) is 140 cm³/mol. The second-order valence-electron chi connectivity index (χ2n) is 9.30. The van der Waals surface area contributed by atoms with Crippen LogP contribution in [0.2, 0.25) is 0 Å². The first kappa shape index (κ1) is 22.6. The van der Waals surface area contributed by atoms with Crippen molar-refractivity contribution < 1.29 is 0 Å². The molecule has 0 amide bonds. The van der Waals surface area contributed by atoms with E-state index in [0.717, 1.165) is 13.2 Å². The Hall–Kier alpha value is -1.07. The molecule has 0 radical (unpaired) electrons. The van der Waals surface area contributed by atoms with Gasteiger partial charge in [-0.15, -0.1) is 0 Å². The number of aryl methyl sites for hydroxylation is 6. The Morgan fingerprint density at radius 3 is 1.90 bits per heavy atom. The molecule has 29 heavy (non-hydrogen) atoms. The molecule has 0 saturated carbocycles. The molecule has 1 saturated heterocycles. The van der Waals surface area contributed by atoms with E-state index < -0.39 is 19.8 Å². The van der Waals surface area contributed by atoms with Crippen molar-refractivity contribution in [2.45, 2.75) is 54.9 Å². The summed E-state index contributed by atoms with van der Waals surface area (Å²) in [6, 6.07) is 9.52. The van der Waals surface area contributed by atoms with E-state index in [0.29, 0.717) is 0 Å². The number of quaternary nitrogens is 1. The van der Waals surface area contributed by atoms with Crippen molar-refractivity contribution in [3.05, 3.63) is 57.6 Å². The Kier molecular flexibility index (Phi) is 6.99. The molecule has 1 aliphatic rings. The molecule has 3 heteroatoms. The molecule has 0 spiro atoms. The van der Waals surface area contributed by atoms with Crippen LogP contribution in [-0.4, -0.2) is 33.7 Å². The maximum atomic E-state index is 2.69. The molecule has 0 bridgehead atoms. The first-order chi connectivity index (χ1) is 13.7.